The molecule has 2 aromatic heterocycles. The summed E-state index contributed by atoms with van der Waals surface area (Å²) in [5.41, 5.74) is 1.99. The average Bonchev–Trinajstić information content (AvgIpc) is 3.33. The van der Waals surface area contributed by atoms with Gasteiger partial charge in [0.15, 0.2) is 0 Å². The van der Waals surface area contributed by atoms with Crippen LogP contribution in [0.2, 0.25) is 10.6 Å². The van der Waals surface area contributed by atoms with Crippen molar-refractivity contribution in [3.63, 3.8) is 0 Å². The molecule has 4 aromatic rings. The molecule has 2 heterocycles. The standard InChI is InChI=1S/C18H16N6O4Se2/c25-23(26)15-1-3-17-13(9-15)11-19-21(17)5-7-29-30-8-6-22-18-4-2-16(24(27)28)10-14(18)12-20-22/h1-4,9-12H,5-8H2. The molecule has 10 nitrogen and oxygen atoms in total. The van der Waals surface area contributed by atoms with Gasteiger partial charge in [-0.1, -0.05) is 0 Å². The summed E-state index contributed by atoms with van der Waals surface area (Å²) in [6.07, 6.45) is 3.35. The van der Waals surface area contributed by atoms with Gasteiger partial charge in [0.2, 0.25) is 0 Å². The van der Waals surface area contributed by atoms with Crippen LogP contribution in [-0.4, -0.2) is 55.7 Å². The number of rotatable bonds is 9. The van der Waals surface area contributed by atoms with E-state index in [1.165, 1.54) is 12.1 Å². The number of nitro benzene ring substituents is 2. The Kier molecular flexibility index (Phi) is 6.10. The number of hydrogen-bond donors (Lipinski definition) is 0. The maximum absolute atomic E-state index is 10.9. The first-order chi connectivity index (χ1) is 14.5. The number of aromatic nitrogens is 4. The second-order valence-electron chi connectivity index (χ2n) is 6.38. The third-order valence-corrected chi connectivity index (χ3v) is 11.8. The molecule has 0 spiro atoms. The minimum absolute atomic E-state index is 0.0790. The van der Waals surface area contributed by atoms with Gasteiger partial charge in [0.05, 0.1) is 0 Å². The van der Waals surface area contributed by atoms with Crippen LogP contribution in [0.1, 0.15) is 0 Å². The van der Waals surface area contributed by atoms with E-state index in [1.807, 2.05) is 9.36 Å². The number of nitrogens with zero attached hydrogens (tertiary/aromatic N) is 6. The van der Waals surface area contributed by atoms with Crippen LogP contribution in [0, 0.1) is 20.2 Å². The third kappa shape index (κ3) is 4.36. The Morgan fingerprint density at radius 1 is 0.767 bits per heavy atom. The van der Waals surface area contributed by atoms with Crippen molar-refractivity contribution in [1.82, 2.24) is 19.6 Å². The number of benzene rings is 2. The number of aryl methyl sites for hydroxylation is 2. The van der Waals surface area contributed by atoms with Gasteiger partial charge in [-0.15, -0.1) is 0 Å². The molecular formula is C18H16N6O4Se2. The molecule has 0 atom stereocenters. The molecule has 12 heteroatoms. The van der Waals surface area contributed by atoms with Gasteiger partial charge in [-0.3, -0.25) is 0 Å². The SMILES string of the molecule is O=[N+]([O-])c1ccc2c(cnn2CC[Se][Se]CCn2ncc3cc([N+](=O)[O-])ccc32)c1. The zero-order valence-corrected chi connectivity index (χ0v) is 19.0. The van der Waals surface area contributed by atoms with Crippen LogP contribution in [0.3, 0.4) is 0 Å². The van der Waals surface area contributed by atoms with Crippen LogP contribution in [0.4, 0.5) is 11.4 Å². The maximum atomic E-state index is 10.9. The molecule has 0 saturated carbocycles. The van der Waals surface area contributed by atoms with Crippen molar-refractivity contribution in [1.29, 1.82) is 0 Å². The number of non-ortho nitro benzene ring substituents is 2. The number of fused-ring (bicyclic) bond motifs is 2. The van der Waals surface area contributed by atoms with Crippen LogP contribution < -0.4 is 0 Å². The summed E-state index contributed by atoms with van der Waals surface area (Å²) in [6.45, 7) is 1.61. The molecule has 0 aliphatic carbocycles. The van der Waals surface area contributed by atoms with E-state index in [2.05, 4.69) is 10.2 Å². The van der Waals surface area contributed by atoms with Crippen molar-refractivity contribution in [2.75, 3.05) is 0 Å². The van der Waals surface area contributed by atoms with Crippen LogP contribution in [-0.2, 0) is 13.1 Å². The normalized spacial score (nSPS) is 11.3. The molecule has 30 heavy (non-hydrogen) atoms. The number of nitro groups is 2. The quantitative estimate of drug-likeness (QED) is 0.140. The second kappa shape index (κ2) is 8.93. The zero-order valence-electron chi connectivity index (χ0n) is 15.6. The summed E-state index contributed by atoms with van der Waals surface area (Å²) in [5.74, 6) is 0. The predicted octanol–water partition coefficient (Wildman–Crippen LogP) is 3.06. The Morgan fingerprint density at radius 3 is 1.60 bits per heavy atom. The van der Waals surface area contributed by atoms with Crippen molar-refractivity contribution >= 4 is 59.4 Å². The predicted molar refractivity (Wildman–Crippen MR) is 114 cm³/mol. The summed E-state index contributed by atoms with van der Waals surface area (Å²) in [7, 11) is 0. The molecule has 0 amide bonds. The van der Waals surface area contributed by atoms with E-state index in [9.17, 15) is 20.2 Å². The molecule has 154 valence electrons. The monoisotopic (exact) mass is 540 g/mol. The Balaban J connectivity index is 1.26. The second-order valence-corrected chi connectivity index (χ2v) is 14.2. The van der Waals surface area contributed by atoms with Crippen molar-refractivity contribution < 1.29 is 9.85 Å². The molecule has 0 radical (unpaired) electrons. The molecule has 2 aromatic carbocycles. The van der Waals surface area contributed by atoms with E-state index in [0.717, 1.165) is 45.5 Å². The fraction of sp³-hybridized carbons (Fsp3) is 0.222. The van der Waals surface area contributed by atoms with E-state index in [4.69, 9.17) is 0 Å². The molecule has 0 N–H and O–H groups in total. The average molecular weight is 538 g/mol. The van der Waals surface area contributed by atoms with Gasteiger partial charge < -0.3 is 0 Å². The van der Waals surface area contributed by atoms with Crippen LogP contribution in [0.15, 0.2) is 48.8 Å². The van der Waals surface area contributed by atoms with Gasteiger partial charge >= 0.3 is 182 Å². The summed E-state index contributed by atoms with van der Waals surface area (Å²) in [6, 6.07) is 9.64. The van der Waals surface area contributed by atoms with Gasteiger partial charge in [-0.25, -0.2) is 0 Å². The van der Waals surface area contributed by atoms with E-state index in [1.54, 1.807) is 36.7 Å². The summed E-state index contributed by atoms with van der Waals surface area (Å²) < 4.78 is 3.82. The summed E-state index contributed by atoms with van der Waals surface area (Å²) >= 11 is 1.02. The van der Waals surface area contributed by atoms with Gasteiger partial charge in [0.1, 0.15) is 0 Å². The van der Waals surface area contributed by atoms with Crippen LogP contribution >= 0.6 is 0 Å². The Hall–Kier alpha value is -2.78. The molecule has 0 bridgehead atoms. The third-order valence-electron chi connectivity index (χ3n) is 4.53. The van der Waals surface area contributed by atoms with E-state index >= 15 is 0 Å². The Morgan fingerprint density at radius 2 is 1.20 bits per heavy atom. The van der Waals surface area contributed by atoms with Crippen molar-refractivity contribution in [2.24, 2.45) is 0 Å². The topological polar surface area (TPSA) is 122 Å². The van der Waals surface area contributed by atoms with E-state index < -0.39 is 9.85 Å². The molecule has 0 saturated heterocycles. The van der Waals surface area contributed by atoms with Gasteiger partial charge in [0.25, 0.3) is 0 Å². The zero-order chi connectivity index (χ0) is 21.1. The fourth-order valence-corrected chi connectivity index (χ4v) is 8.83. The van der Waals surface area contributed by atoms with E-state index in [-0.39, 0.29) is 11.4 Å². The first-order valence-electron chi connectivity index (χ1n) is 8.97. The molecule has 4 rings (SSSR count). The first kappa shape index (κ1) is 20.5. The Bertz CT molecular complexity index is 1140. The van der Waals surface area contributed by atoms with Crippen molar-refractivity contribution in [2.45, 2.75) is 23.7 Å². The molecule has 0 fully saturated rings. The first-order valence-corrected chi connectivity index (χ1v) is 15.7. The molecular weight excluding hydrogens is 522 g/mol. The summed E-state index contributed by atoms with van der Waals surface area (Å²) in [4.78, 5) is 21.0. The van der Waals surface area contributed by atoms with Crippen molar-refractivity contribution in [3.05, 3.63) is 69.0 Å². The summed E-state index contributed by atoms with van der Waals surface area (Å²) in [5, 5.41) is 34.1. The molecule has 0 aliphatic heterocycles. The van der Waals surface area contributed by atoms with Gasteiger partial charge in [-0.2, -0.15) is 0 Å². The fourth-order valence-electron chi connectivity index (χ4n) is 3.10. The minimum atomic E-state index is -0.396. The van der Waals surface area contributed by atoms with Gasteiger partial charge in [-0.05, 0) is 0 Å². The molecule has 0 aliphatic rings. The number of hydrogen-bond acceptors (Lipinski definition) is 6. The van der Waals surface area contributed by atoms with Crippen LogP contribution in [0.25, 0.3) is 21.8 Å². The van der Waals surface area contributed by atoms with Crippen LogP contribution in [0.5, 0.6) is 0 Å². The molecule has 0 unspecified atom stereocenters. The Labute approximate surface area is 181 Å². The van der Waals surface area contributed by atoms with Crippen molar-refractivity contribution in [3.8, 4) is 0 Å². The van der Waals surface area contributed by atoms with E-state index in [0.29, 0.717) is 26.3 Å². The van der Waals surface area contributed by atoms with Gasteiger partial charge in [0, 0.05) is 0 Å².